The minimum absolute atomic E-state index is 0.0431. The van der Waals surface area contributed by atoms with Crippen molar-refractivity contribution in [3.8, 4) is 0 Å². The van der Waals surface area contributed by atoms with Gasteiger partial charge in [0.1, 0.15) is 0 Å². The lowest BCUT2D eigenvalue weighted by molar-refractivity contribution is -0.138. The van der Waals surface area contributed by atoms with Crippen LogP contribution in [-0.4, -0.2) is 43.2 Å². The van der Waals surface area contributed by atoms with E-state index in [0.717, 1.165) is 19.4 Å². The predicted molar refractivity (Wildman–Crippen MR) is 74.7 cm³/mol. The summed E-state index contributed by atoms with van der Waals surface area (Å²) in [6, 6.07) is 0. The van der Waals surface area contributed by atoms with E-state index in [2.05, 4.69) is 19.2 Å². The number of carbonyl (C=O) groups is 1. The van der Waals surface area contributed by atoms with Gasteiger partial charge in [-0.3, -0.25) is 4.79 Å². The number of nitrogens with one attached hydrogen (secondary N) is 1. The Kier molecular flexibility index (Phi) is 5.17. The maximum Gasteiger partial charge on any atom is 0.390 e. The molecule has 2 aliphatic rings. The summed E-state index contributed by atoms with van der Waals surface area (Å²) in [6.07, 6.45) is -2.73. The summed E-state index contributed by atoms with van der Waals surface area (Å²) in [5.41, 5.74) is 0. The quantitative estimate of drug-likeness (QED) is 0.784. The van der Waals surface area contributed by atoms with Crippen LogP contribution in [0.4, 0.5) is 13.2 Å². The Hall–Kier alpha value is -0.780. The number of piperidine rings is 1. The number of hydrogen-bond acceptors (Lipinski definition) is 2. The van der Waals surface area contributed by atoms with Crippen LogP contribution in [0, 0.1) is 23.7 Å². The molecule has 1 amide bonds. The number of likely N-dealkylation sites (tertiary alicyclic amines) is 1. The molecule has 2 atom stereocenters. The number of hydrogen-bond donors (Lipinski definition) is 1. The largest absolute Gasteiger partial charge is 0.390 e. The van der Waals surface area contributed by atoms with Crippen molar-refractivity contribution < 1.29 is 18.0 Å². The van der Waals surface area contributed by atoms with E-state index in [1.54, 1.807) is 0 Å². The maximum atomic E-state index is 12.2. The molecule has 21 heavy (non-hydrogen) atoms. The Morgan fingerprint density at radius 1 is 1.24 bits per heavy atom. The van der Waals surface area contributed by atoms with Gasteiger partial charge >= 0.3 is 6.18 Å². The fraction of sp³-hybridized carbons (Fsp3) is 0.933. The standard InChI is InChI=1S/C15H25F3N2O/c1-3-10(4-2)7-19-14(21)13-11-8-20(9-12(11)13)6-5-15(16,17)18/h10-13H,3-9H2,1-2H3,(H,19,21). The number of halogens is 3. The molecule has 2 unspecified atom stereocenters. The van der Waals surface area contributed by atoms with E-state index in [1.807, 2.05) is 4.90 Å². The molecule has 6 heteroatoms. The van der Waals surface area contributed by atoms with Crippen molar-refractivity contribution >= 4 is 5.91 Å². The van der Waals surface area contributed by atoms with Gasteiger partial charge in [-0.25, -0.2) is 0 Å². The Balaban J connectivity index is 1.66. The molecular weight excluding hydrogens is 281 g/mol. The van der Waals surface area contributed by atoms with Gasteiger partial charge in [-0.1, -0.05) is 26.7 Å². The van der Waals surface area contributed by atoms with Crippen LogP contribution in [0.5, 0.6) is 0 Å². The van der Waals surface area contributed by atoms with Crippen LogP contribution in [0.25, 0.3) is 0 Å². The van der Waals surface area contributed by atoms with Gasteiger partial charge in [0.05, 0.1) is 6.42 Å². The van der Waals surface area contributed by atoms with Gasteiger partial charge in [-0.15, -0.1) is 0 Å². The summed E-state index contributed by atoms with van der Waals surface area (Å²) < 4.78 is 36.5. The zero-order chi connectivity index (χ0) is 15.6. The Labute approximate surface area is 124 Å². The summed E-state index contributed by atoms with van der Waals surface area (Å²) >= 11 is 0. The van der Waals surface area contributed by atoms with Crippen molar-refractivity contribution in [2.45, 2.75) is 39.3 Å². The second-order valence-corrected chi connectivity index (χ2v) is 6.41. The maximum absolute atomic E-state index is 12.2. The van der Waals surface area contributed by atoms with Crippen LogP contribution >= 0.6 is 0 Å². The average molecular weight is 306 g/mol. The first-order chi connectivity index (χ1) is 9.85. The lowest BCUT2D eigenvalue weighted by atomic mass is 10.0. The lowest BCUT2D eigenvalue weighted by Gasteiger charge is -2.20. The van der Waals surface area contributed by atoms with E-state index in [4.69, 9.17) is 0 Å². The fourth-order valence-electron chi connectivity index (χ4n) is 3.41. The topological polar surface area (TPSA) is 32.3 Å². The van der Waals surface area contributed by atoms with Crippen LogP contribution < -0.4 is 5.32 Å². The van der Waals surface area contributed by atoms with E-state index < -0.39 is 12.6 Å². The second-order valence-electron chi connectivity index (χ2n) is 6.41. The minimum Gasteiger partial charge on any atom is -0.356 e. The van der Waals surface area contributed by atoms with Crippen molar-refractivity contribution in [2.24, 2.45) is 23.7 Å². The van der Waals surface area contributed by atoms with E-state index in [1.165, 1.54) is 0 Å². The highest BCUT2D eigenvalue weighted by Crippen LogP contribution is 2.51. The highest BCUT2D eigenvalue weighted by molar-refractivity contribution is 5.82. The van der Waals surface area contributed by atoms with Gasteiger partial charge in [0.15, 0.2) is 0 Å². The Morgan fingerprint density at radius 2 is 1.81 bits per heavy atom. The predicted octanol–water partition coefficient (Wildman–Crippen LogP) is 2.67. The van der Waals surface area contributed by atoms with Gasteiger partial charge in [0.2, 0.25) is 5.91 Å². The molecule has 3 nitrogen and oxygen atoms in total. The van der Waals surface area contributed by atoms with E-state index in [-0.39, 0.29) is 30.2 Å². The van der Waals surface area contributed by atoms with Crippen molar-refractivity contribution in [2.75, 3.05) is 26.2 Å². The molecule has 1 saturated heterocycles. The van der Waals surface area contributed by atoms with E-state index in [0.29, 0.717) is 19.0 Å². The molecule has 1 heterocycles. The van der Waals surface area contributed by atoms with Gasteiger partial charge < -0.3 is 10.2 Å². The molecule has 0 bridgehead atoms. The van der Waals surface area contributed by atoms with Gasteiger partial charge in [-0.2, -0.15) is 13.2 Å². The smallest absolute Gasteiger partial charge is 0.356 e. The number of rotatable bonds is 7. The van der Waals surface area contributed by atoms with Crippen LogP contribution in [0.2, 0.25) is 0 Å². The zero-order valence-corrected chi connectivity index (χ0v) is 12.7. The normalized spacial score (nSPS) is 28.8. The number of amides is 1. The zero-order valence-electron chi connectivity index (χ0n) is 12.7. The summed E-state index contributed by atoms with van der Waals surface area (Å²) in [7, 11) is 0. The molecule has 1 aliphatic heterocycles. The highest BCUT2D eigenvalue weighted by Gasteiger charge is 2.59. The fourth-order valence-corrected chi connectivity index (χ4v) is 3.41. The first-order valence-corrected chi connectivity index (χ1v) is 7.92. The van der Waals surface area contributed by atoms with Crippen LogP contribution in [0.1, 0.15) is 33.1 Å². The molecule has 0 aromatic heterocycles. The highest BCUT2D eigenvalue weighted by atomic mass is 19.4. The van der Waals surface area contributed by atoms with Crippen LogP contribution in [0.15, 0.2) is 0 Å². The first-order valence-electron chi connectivity index (χ1n) is 7.92. The summed E-state index contributed by atoms with van der Waals surface area (Å²) in [5.74, 6) is 1.23. The molecule has 2 fully saturated rings. The van der Waals surface area contributed by atoms with Crippen molar-refractivity contribution in [3.63, 3.8) is 0 Å². The first kappa shape index (κ1) is 16.6. The molecule has 0 aromatic rings. The molecule has 122 valence electrons. The summed E-state index contributed by atoms with van der Waals surface area (Å²) in [6.45, 7) is 6.31. The Morgan fingerprint density at radius 3 is 2.29 bits per heavy atom. The molecule has 2 rings (SSSR count). The second kappa shape index (κ2) is 6.55. The molecule has 0 radical (unpaired) electrons. The molecule has 1 N–H and O–H groups in total. The molecule has 1 aliphatic carbocycles. The number of nitrogens with zero attached hydrogens (tertiary/aromatic N) is 1. The molecule has 0 aromatic carbocycles. The number of fused-ring (bicyclic) bond motifs is 1. The number of alkyl halides is 3. The van der Waals surface area contributed by atoms with Crippen LogP contribution in [-0.2, 0) is 4.79 Å². The molecule has 1 saturated carbocycles. The summed E-state index contributed by atoms with van der Waals surface area (Å²) in [5, 5.41) is 3.01. The third-order valence-corrected chi connectivity index (χ3v) is 5.00. The third kappa shape index (κ3) is 4.34. The van der Waals surface area contributed by atoms with Crippen molar-refractivity contribution in [3.05, 3.63) is 0 Å². The van der Waals surface area contributed by atoms with Crippen LogP contribution in [0.3, 0.4) is 0 Å². The van der Waals surface area contributed by atoms with Gasteiger partial charge in [-0.05, 0) is 17.8 Å². The lowest BCUT2D eigenvalue weighted by Crippen LogP contribution is -2.35. The van der Waals surface area contributed by atoms with Gasteiger partial charge in [0.25, 0.3) is 0 Å². The SMILES string of the molecule is CCC(CC)CNC(=O)C1C2CN(CCC(F)(F)F)CC21. The monoisotopic (exact) mass is 306 g/mol. The van der Waals surface area contributed by atoms with Gasteiger partial charge in [0, 0.05) is 32.1 Å². The Bertz CT molecular complexity index is 356. The van der Waals surface area contributed by atoms with E-state index >= 15 is 0 Å². The molecular formula is C15H25F3N2O. The summed E-state index contributed by atoms with van der Waals surface area (Å²) in [4.78, 5) is 13.9. The average Bonchev–Trinajstić information content (AvgIpc) is 2.92. The van der Waals surface area contributed by atoms with Crippen molar-refractivity contribution in [1.82, 2.24) is 10.2 Å². The third-order valence-electron chi connectivity index (χ3n) is 5.00. The minimum atomic E-state index is -4.08. The number of carbonyl (C=O) groups excluding carboxylic acids is 1. The van der Waals surface area contributed by atoms with E-state index in [9.17, 15) is 18.0 Å². The van der Waals surface area contributed by atoms with Crippen molar-refractivity contribution in [1.29, 1.82) is 0 Å². The molecule has 0 spiro atoms.